The van der Waals surface area contributed by atoms with Gasteiger partial charge >= 0.3 is 0 Å². The molecule has 0 aliphatic rings. The molecule has 0 bridgehead atoms. The Hall–Kier alpha value is -2.88. The number of hydrogen-bond donors (Lipinski definition) is 1. The van der Waals surface area contributed by atoms with Crippen LogP contribution in [0.5, 0.6) is 0 Å². The van der Waals surface area contributed by atoms with Crippen molar-refractivity contribution in [1.82, 2.24) is 9.66 Å². The second kappa shape index (κ2) is 5.63. The Morgan fingerprint density at radius 2 is 2.05 bits per heavy atom. The Morgan fingerprint density at radius 3 is 2.90 bits per heavy atom. The molecular formula is C17H15N3O. The number of fused-ring (bicyclic) bond motifs is 1. The van der Waals surface area contributed by atoms with Gasteiger partial charge in [-0.3, -0.25) is 10.2 Å². The van der Waals surface area contributed by atoms with Crippen molar-refractivity contribution in [3.05, 3.63) is 72.1 Å². The van der Waals surface area contributed by atoms with Gasteiger partial charge in [0, 0.05) is 6.08 Å². The Kier molecular flexibility index (Phi) is 3.51. The van der Waals surface area contributed by atoms with Crippen LogP contribution in [-0.4, -0.2) is 15.6 Å². The number of hydrogen-bond acceptors (Lipinski definition) is 2. The molecule has 0 atom stereocenters. The zero-order chi connectivity index (χ0) is 14.7. The first-order chi connectivity index (χ1) is 10.2. The fourth-order valence-electron chi connectivity index (χ4n) is 2.15. The lowest BCUT2D eigenvalue weighted by Crippen LogP contribution is -2.19. The van der Waals surface area contributed by atoms with Crippen LogP contribution in [0.1, 0.15) is 11.1 Å². The minimum absolute atomic E-state index is 0.195. The van der Waals surface area contributed by atoms with Gasteiger partial charge in [-0.2, -0.15) is 0 Å². The highest BCUT2D eigenvalue weighted by Gasteiger charge is 2.03. The van der Waals surface area contributed by atoms with Gasteiger partial charge in [0.05, 0.1) is 11.0 Å². The quantitative estimate of drug-likeness (QED) is 0.748. The number of amides is 1. The van der Waals surface area contributed by atoms with Crippen molar-refractivity contribution < 1.29 is 4.79 Å². The van der Waals surface area contributed by atoms with E-state index in [1.54, 1.807) is 17.1 Å². The smallest absolute Gasteiger partial charge is 0.262 e. The molecule has 1 aromatic heterocycles. The van der Waals surface area contributed by atoms with Crippen LogP contribution in [0.3, 0.4) is 0 Å². The average Bonchev–Trinajstić information content (AvgIpc) is 2.89. The molecule has 0 radical (unpaired) electrons. The van der Waals surface area contributed by atoms with Crippen LogP contribution in [0.25, 0.3) is 17.1 Å². The second-order valence-electron chi connectivity index (χ2n) is 4.83. The van der Waals surface area contributed by atoms with Crippen molar-refractivity contribution in [3.63, 3.8) is 0 Å². The zero-order valence-corrected chi connectivity index (χ0v) is 11.7. The van der Waals surface area contributed by atoms with Gasteiger partial charge in [-0.1, -0.05) is 42.0 Å². The summed E-state index contributed by atoms with van der Waals surface area (Å²) in [6.45, 7) is 2.02. The van der Waals surface area contributed by atoms with E-state index in [-0.39, 0.29) is 5.91 Å². The largest absolute Gasteiger partial charge is 0.268 e. The Balaban J connectivity index is 1.75. The highest BCUT2D eigenvalue weighted by Crippen LogP contribution is 2.10. The molecule has 1 N–H and O–H groups in total. The van der Waals surface area contributed by atoms with Crippen molar-refractivity contribution >= 4 is 23.0 Å². The highest BCUT2D eigenvalue weighted by molar-refractivity contribution is 5.98. The molecule has 3 aromatic rings. The lowest BCUT2D eigenvalue weighted by atomic mass is 10.1. The zero-order valence-electron chi connectivity index (χ0n) is 11.7. The summed E-state index contributed by atoms with van der Waals surface area (Å²) in [5.41, 5.74) is 6.66. The molecule has 104 valence electrons. The summed E-state index contributed by atoms with van der Waals surface area (Å²) < 4.78 is 1.62. The lowest BCUT2D eigenvalue weighted by Gasteiger charge is -2.03. The van der Waals surface area contributed by atoms with Crippen molar-refractivity contribution in [2.45, 2.75) is 6.92 Å². The molecule has 0 aliphatic heterocycles. The maximum absolute atomic E-state index is 12.0. The third-order valence-corrected chi connectivity index (χ3v) is 3.15. The predicted octanol–water partition coefficient (Wildman–Crippen LogP) is 3.13. The van der Waals surface area contributed by atoms with E-state index in [0.29, 0.717) is 0 Å². The van der Waals surface area contributed by atoms with E-state index in [1.807, 2.05) is 55.5 Å². The first-order valence-electron chi connectivity index (χ1n) is 6.70. The van der Waals surface area contributed by atoms with Crippen molar-refractivity contribution in [1.29, 1.82) is 0 Å². The van der Waals surface area contributed by atoms with Crippen LogP contribution in [-0.2, 0) is 4.79 Å². The van der Waals surface area contributed by atoms with Crippen LogP contribution in [0.4, 0.5) is 0 Å². The number of para-hydroxylation sites is 2. The van der Waals surface area contributed by atoms with Crippen LogP contribution >= 0.6 is 0 Å². The highest BCUT2D eigenvalue weighted by atomic mass is 16.2. The first-order valence-corrected chi connectivity index (χ1v) is 6.70. The summed E-state index contributed by atoms with van der Waals surface area (Å²) in [6.07, 6.45) is 4.91. The molecule has 0 unspecified atom stereocenters. The molecule has 0 saturated heterocycles. The maximum atomic E-state index is 12.0. The van der Waals surface area contributed by atoms with Crippen LogP contribution in [0, 0.1) is 6.92 Å². The third-order valence-electron chi connectivity index (χ3n) is 3.15. The maximum Gasteiger partial charge on any atom is 0.262 e. The molecular weight excluding hydrogens is 262 g/mol. The van der Waals surface area contributed by atoms with Gasteiger partial charge in [-0.05, 0) is 30.7 Å². The minimum Gasteiger partial charge on any atom is -0.268 e. The molecule has 4 heteroatoms. The minimum atomic E-state index is -0.195. The van der Waals surface area contributed by atoms with Crippen LogP contribution < -0.4 is 5.43 Å². The van der Waals surface area contributed by atoms with Crippen molar-refractivity contribution in [2.24, 2.45) is 0 Å². The topological polar surface area (TPSA) is 46.9 Å². The van der Waals surface area contributed by atoms with Gasteiger partial charge < -0.3 is 0 Å². The predicted molar refractivity (Wildman–Crippen MR) is 84.3 cm³/mol. The van der Waals surface area contributed by atoms with Crippen molar-refractivity contribution in [2.75, 3.05) is 5.43 Å². The van der Waals surface area contributed by atoms with Crippen LogP contribution in [0.2, 0.25) is 0 Å². The number of aryl methyl sites for hydroxylation is 1. The SMILES string of the molecule is Cc1cccc(/C=C/C(=O)Nn2cnc3ccccc32)c1. The van der Waals surface area contributed by atoms with Crippen molar-refractivity contribution in [3.8, 4) is 0 Å². The number of carbonyl (C=O) groups excluding carboxylic acids is 1. The fourth-order valence-corrected chi connectivity index (χ4v) is 2.15. The summed E-state index contributed by atoms with van der Waals surface area (Å²) >= 11 is 0. The summed E-state index contributed by atoms with van der Waals surface area (Å²) in [4.78, 5) is 16.2. The summed E-state index contributed by atoms with van der Waals surface area (Å²) in [5.74, 6) is -0.195. The summed E-state index contributed by atoms with van der Waals surface area (Å²) in [6, 6.07) is 15.6. The first kappa shape index (κ1) is 13.1. The summed E-state index contributed by atoms with van der Waals surface area (Å²) in [7, 11) is 0. The Labute approximate surface area is 122 Å². The molecule has 2 aromatic carbocycles. The second-order valence-corrected chi connectivity index (χ2v) is 4.83. The molecule has 21 heavy (non-hydrogen) atoms. The average molecular weight is 277 g/mol. The van der Waals surface area contributed by atoms with Gasteiger partial charge in [-0.15, -0.1) is 0 Å². The van der Waals surface area contributed by atoms with E-state index in [4.69, 9.17) is 0 Å². The van der Waals surface area contributed by atoms with Gasteiger partial charge in [0.25, 0.3) is 5.91 Å². The van der Waals surface area contributed by atoms with E-state index < -0.39 is 0 Å². The number of aromatic nitrogens is 2. The van der Waals surface area contributed by atoms with E-state index in [9.17, 15) is 4.79 Å². The third kappa shape index (κ3) is 3.00. The van der Waals surface area contributed by atoms with E-state index in [1.165, 1.54) is 6.08 Å². The number of carbonyl (C=O) groups is 1. The monoisotopic (exact) mass is 277 g/mol. The standard InChI is InChI=1S/C17H15N3O/c1-13-5-4-6-14(11-13)9-10-17(21)19-20-12-18-15-7-2-3-8-16(15)20/h2-12H,1H3,(H,19,21)/b10-9+. The molecule has 0 spiro atoms. The molecule has 0 fully saturated rings. The summed E-state index contributed by atoms with van der Waals surface area (Å²) in [5, 5.41) is 0. The molecule has 4 nitrogen and oxygen atoms in total. The van der Waals surface area contributed by atoms with E-state index in [0.717, 1.165) is 22.2 Å². The molecule has 3 rings (SSSR count). The van der Waals surface area contributed by atoms with Gasteiger partial charge in [-0.25, -0.2) is 9.66 Å². The lowest BCUT2D eigenvalue weighted by molar-refractivity contribution is -0.112. The number of imidazole rings is 1. The van der Waals surface area contributed by atoms with Gasteiger partial charge in [0.1, 0.15) is 6.33 Å². The number of rotatable bonds is 3. The number of nitrogens with one attached hydrogen (secondary N) is 1. The Morgan fingerprint density at radius 1 is 1.19 bits per heavy atom. The normalized spacial score (nSPS) is 11.1. The van der Waals surface area contributed by atoms with Gasteiger partial charge in [0.15, 0.2) is 0 Å². The number of nitrogens with zero attached hydrogens (tertiary/aromatic N) is 2. The molecule has 1 amide bonds. The van der Waals surface area contributed by atoms with Gasteiger partial charge in [0.2, 0.25) is 0 Å². The fraction of sp³-hybridized carbons (Fsp3) is 0.0588. The Bertz CT molecular complexity index is 818. The molecule has 0 saturated carbocycles. The molecule has 0 aliphatic carbocycles. The number of benzene rings is 2. The van der Waals surface area contributed by atoms with E-state index >= 15 is 0 Å². The molecule has 1 heterocycles. The van der Waals surface area contributed by atoms with Crippen LogP contribution in [0.15, 0.2) is 60.9 Å². The van der Waals surface area contributed by atoms with E-state index in [2.05, 4.69) is 10.4 Å².